The molecule has 0 saturated carbocycles. The number of hydrogen-bond donors (Lipinski definition) is 0. The summed E-state index contributed by atoms with van der Waals surface area (Å²) in [5.41, 5.74) is 20.7. The van der Waals surface area contributed by atoms with E-state index in [9.17, 15) is 0 Å². The van der Waals surface area contributed by atoms with Gasteiger partial charge in [-0.1, -0.05) is 0 Å². The van der Waals surface area contributed by atoms with E-state index in [4.69, 9.17) is 4.42 Å². The topological polar surface area (TPSA) is 22.9 Å². The Morgan fingerprint density at radius 1 is 0.412 bits per heavy atom. The van der Waals surface area contributed by atoms with Gasteiger partial charge in [-0.2, -0.15) is 0 Å². The second-order valence-electron chi connectivity index (χ2n) is 17.9. The molecule has 0 spiro atoms. The monoisotopic (exact) mass is 949 g/mol. The van der Waals surface area contributed by atoms with Gasteiger partial charge in [-0.3, -0.25) is 0 Å². The van der Waals surface area contributed by atoms with Crippen LogP contribution in [0.5, 0.6) is 0 Å². The molecule has 0 N–H and O–H groups in total. The number of nitrogens with zero attached hydrogens (tertiary/aromatic N) is 3. The molecule has 0 saturated heterocycles. The average molecular weight is 949 g/mol. The van der Waals surface area contributed by atoms with Gasteiger partial charge in [-0.15, -0.1) is 0 Å². The molecule has 11 aromatic rings. The van der Waals surface area contributed by atoms with E-state index in [2.05, 4.69) is 239 Å². The summed E-state index contributed by atoms with van der Waals surface area (Å²) >= 11 is 1.92. The van der Waals surface area contributed by atoms with Crippen LogP contribution >= 0.6 is 11.8 Å². The summed E-state index contributed by atoms with van der Waals surface area (Å²) in [5, 5.41) is 2.32. The Balaban J connectivity index is 0.991. The molecule has 0 amide bonds. The first-order valence-corrected chi connectivity index (χ1v) is 25.8. The van der Waals surface area contributed by atoms with E-state index in [1.165, 1.54) is 79.6 Å². The van der Waals surface area contributed by atoms with Gasteiger partial charge >= 0.3 is 408 Å². The first kappa shape index (κ1) is 38.5. The van der Waals surface area contributed by atoms with E-state index in [1.54, 1.807) is 0 Å². The number of para-hydroxylation sites is 7. The normalized spacial score (nSPS) is 13.6. The van der Waals surface area contributed by atoms with Gasteiger partial charge in [0, 0.05) is 0 Å². The second kappa shape index (κ2) is 15.0. The van der Waals surface area contributed by atoms with Crippen molar-refractivity contribution in [2.24, 2.45) is 0 Å². The van der Waals surface area contributed by atoms with Crippen molar-refractivity contribution in [2.45, 2.75) is 9.79 Å². The molecule has 0 atom stereocenters. The molecule has 4 nitrogen and oxygen atoms in total. The molecule has 316 valence electrons. The van der Waals surface area contributed by atoms with E-state index >= 15 is 0 Å². The van der Waals surface area contributed by atoms with Gasteiger partial charge in [0.15, 0.2) is 0 Å². The number of anilines is 9. The number of benzene rings is 10. The average Bonchev–Trinajstić information content (AvgIpc) is 3.77. The Bertz CT molecular complexity index is 3810. The van der Waals surface area contributed by atoms with E-state index in [-0.39, 0.29) is 28.4 Å². The standard InChI is InChI=1S/C60H37B2N3OSSe/c1-5-19-38(20-6-1)63(39-21-7-2-8-22-39)42-33-50-58-56(34-42)68-55-37-53-46(35-47(55)62(58)44-28-14-16-30-48(44)64(50)40-23-9-3-10-24-40)61-45-29-15-17-31-49(45)65(41-25-11-4-12-26-41)60-57-43-27-13-18-32-51(43)66-52(57)36-54(67-53)59(60)61/h1-37H. The minimum atomic E-state index is -0.00207. The molecule has 0 unspecified atom stereocenters. The van der Waals surface area contributed by atoms with Crippen molar-refractivity contribution in [2.75, 3.05) is 14.7 Å². The maximum absolute atomic E-state index is 6.78. The molecule has 5 heterocycles. The van der Waals surface area contributed by atoms with Crippen LogP contribution in [0.2, 0.25) is 0 Å². The van der Waals surface area contributed by atoms with Gasteiger partial charge < -0.3 is 0 Å². The molecule has 15 rings (SSSR count). The van der Waals surface area contributed by atoms with Crippen molar-refractivity contribution in [1.29, 1.82) is 0 Å². The maximum atomic E-state index is 6.78. The van der Waals surface area contributed by atoms with Crippen LogP contribution in [0.25, 0.3) is 21.9 Å². The van der Waals surface area contributed by atoms with Crippen molar-refractivity contribution >= 4 is 155 Å². The number of fused-ring (bicyclic) bond motifs is 12. The molecule has 1 aromatic heterocycles. The van der Waals surface area contributed by atoms with Crippen LogP contribution < -0.4 is 56.4 Å². The van der Waals surface area contributed by atoms with Crippen molar-refractivity contribution in [3.05, 3.63) is 224 Å². The van der Waals surface area contributed by atoms with Crippen LogP contribution in [-0.2, 0) is 0 Å². The first-order valence-electron chi connectivity index (χ1n) is 23.2. The molecule has 4 aliphatic heterocycles. The predicted octanol–water partition coefficient (Wildman–Crippen LogP) is 10.1. The fourth-order valence-corrected chi connectivity index (χ4v) is 15.5. The van der Waals surface area contributed by atoms with E-state index in [1.807, 2.05) is 11.8 Å². The summed E-state index contributed by atoms with van der Waals surface area (Å²) in [5.74, 6) is 0. The summed E-state index contributed by atoms with van der Waals surface area (Å²) in [6, 6.07) is 82.9. The molecule has 0 bridgehead atoms. The first-order chi connectivity index (χ1) is 33.7. The molecule has 0 radical (unpaired) electrons. The van der Waals surface area contributed by atoms with E-state index in [0.29, 0.717) is 0 Å². The molecule has 0 aliphatic carbocycles. The van der Waals surface area contributed by atoms with Gasteiger partial charge in [0.25, 0.3) is 0 Å². The second-order valence-corrected chi connectivity index (χ2v) is 21.3. The molecule has 8 heteroatoms. The molecule has 0 fully saturated rings. The minimum absolute atomic E-state index is 0.00207. The molecular formula is C60H37B2N3OSSe. The molecule has 10 aromatic carbocycles. The van der Waals surface area contributed by atoms with Crippen molar-refractivity contribution in [3.8, 4) is 0 Å². The van der Waals surface area contributed by atoms with Crippen LogP contribution in [0.1, 0.15) is 0 Å². The third kappa shape index (κ3) is 5.60. The van der Waals surface area contributed by atoms with Gasteiger partial charge in [0.2, 0.25) is 0 Å². The number of furan rings is 1. The predicted molar refractivity (Wildman–Crippen MR) is 289 cm³/mol. The Kier molecular flexibility index (Phi) is 8.47. The van der Waals surface area contributed by atoms with Gasteiger partial charge in [-0.05, 0) is 0 Å². The Morgan fingerprint density at radius 2 is 0.985 bits per heavy atom. The SMILES string of the molecule is c1ccc(N(c2ccccc2)c2cc3c4c(c2)N(c2ccccc2)c2ccccc2B4c2cc4c(cc2[Se]3)Sc2cc3oc5ccccc5c3c3c2B4c2ccccc2N3c2ccccc2)cc1. The number of rotatable bonds is 5. The fraction of sp³-hybridized carbons (Fsp3) is 0. The van der Waals surface area contributed by atoms with Crippen LogP contribution in [-0.4, -0.2) is 28.4 Å². The zero-order chi connectivity index (χ0) is 44.5. The van der Waals surface area contributed by atoms with E-state index < -0.39 is 0 Å². The summed E-state index contributed by atoms with van der Waals surface area (Å²) in [6.45, 7) is 0.0744. The zero-order valence-electron chi connectivity index (χ0n) is 36.6. The van der Waals surface area contributed by atoms with Crippen LogP contribution in [0.3, 0.4) is 0 Å². The van der Waals surface area contributed by atoms with Crippen molar-refractivity contribution in [3.63, 3.8) is 0 Å². The summed E-state index contributed by atoms with van der Waals surface area (Å²) in [7, 11) is 0. The zero-order valence-corrected chi connectivity index (χ0v) is 39.1. The van der Waals surface area contributed by atoms with Gasteiger partial charge in [0.1, 0.15) is 0 Å². The Hall–Kier alpha value is -7.60. The quantitative estimate of drug-likeness (QED) is 0.160. The Labute approximate surface area is 405 Å². The summed E-state index contributed by atoms with van der Waals surface area (Å²) in [6.07, 6.45) is 0. The fourth-order valence-electron chi connectivity index (χ4n) is 11.6. The number of hydrogen-bond acceptors (Lipinski definition) is 5. The van der Waals surface area contributed by atoms with Gasteiger partial charge in [0.05, 0.1) is 0 Å². The molecule has 4 aliphatic rings. The molecule has 68 heavy (non-hydrogen) atoms. The third-order valence-electron chi connectivity index (χ3n) is 14.3. The Morgan fingerprint density at radius 3 is 1.68 bits per heavy atom. The van der Waals surface area contributed by atoms with Crippen molar-refractivity contribution in [1.82, 2.24) is 0 Å². The van der Waals surface area contributed by atoms with Crippen molar-refractivity contribution < 1.29 is 4.42 Å². The van der Waals surface area contributed by atoms with Gasteiger partial charge in [-0.25, -0.2) is 0 Å². The summed E-state index contributed by atoms with van der Waals surface area (Å²) in [4.78, 5) is 10.0. The molecular weight excluding hydrogens is 911 g/mol. The summed E-state index contributed by atoms with van der Waals surface area (Å²) < 4.78 is 9.65. The van der Waals surface area contributed by atoms with Crippen LogP contribution in [0, 0.1) is 0 Å². The van der Waals surface area contributed by atoms with Crippen LogP contribution in [0.4, 0.5) is 51.2 Å². The van der Waals surface area contributed by atoms with E-state index in [0.717, 1.165) is 45.0 Å². The van der Waals surface area contributed by atoms with Crippen LogP contribution in [0.15, 0.2) is 239 Å². The third-order valence-corrected chi connectivity index (χ3v) is 17.8.